The number of halogens is 2. The summed E-state index contributed by atoms with van der Waals surface area (Å²) in [5.74, 6) is -1.64. The van der Waals surface area contributed by atoms with Crippen molar-refractivity contribution in [1.82, 2.24) is 0 Å². The molecule has 1 atom stereocenters. The number of benzene rings is 2. The molecule has 0 saturated heterocycles. The second-order valence-corrected chi connectivity index (χ2v) is 5.38. The van der Waals surface area contributed by atoms with Gasteiger partial charge in [-0.15, -0.1) is 0 Å². The van der Waals surface area contributed by atoms with Crippen LogP contribution in [0.5, 0.6) is 0 Å². The van der Waals surface area contributed by atoms with E-state index in [1.54, 1.807) is 6.07 Å². The van der Waals surface area contributed by atoms with Crippen molar-refractivity contribution in [2.75, 3.05) is 5.32 Å². The molecule has 20 heavy (non-hydrogen) atoms. The molecule has 1 unspecified atom stereocenters. The first-order chi connectivity index (χ1) is 9.63. The molecule has 2 aromatic carbocycles. The Balaban J connectivity index is 1.78. The predicted molar refractivity (Wildman–Crippen MR) is 76.9 cm³/mol. The number of anilines is 1. The van der Waals surface area contributed by atoms with Gasteiger partial charge in [0.2, 0.25) is 0 Å². The zero-order valence-corrected chi connectivity index (χ0v) is 11.4. The van der Waals surface area contributed by atoms with Crippen molar-refractivity contribution >= 4 is 5.69 Å². The summed E-state index contributed by atoms with van der Waals surface area (Å²) in [6.45, 7) is 2.03. The van der Waals surface area contributed by atoms with Gasteiger partial charge >= 0.3 is 0 Å². The summed E-state index contributed by atoms with van der Waals surface area (Å²) in [5, 5.41) is 3.21. The summed E-state index contributed by atoms with van der Waals surface area (Å²) in [7, 11) is 0. The molecule has 0 fully saturated rings. The Bertz CT molecular complexity index is 637. The summed E-state index contributed by atoms with van der Waals surface area (Å²) in [4.78, 5) is 0. The minimum Gasteiger partial charge on any atom is -0.378 e. The fourth-order valence-electron chi connectivity index (χ4n) is 2.78. The zero-order valence-electron chi connectivity index (χ0n) is 11.4. The Morgan fingerprint density at radius 3 is 2.55 bits per heavy atom. The van der Waals surface area contributed by atoms with Crippen LogP contribution in [0.15, 0.2) is 36.4 Å². The van der Waals surface area contributed by atoms with Crippen LogP contribution in [0.25, 0.3) is 0 Å². The molecule has 0 radical (unpaired) electrons. The molecular weight excluding hydrogens is 256 g/mol. The van der Waals surface area contributed by atoms with Gasteiger partial charge in [-0.05, 0) is 55.0 Å². The van der Waals surface area contributed by atoms with Gasteiger partial charge in [-0.3, -0.25) is 0 Å². The maximum absolute atomic E-state index is 13.2. The molecule has 0 saturated carbocycles. The lowest BCUT2D eigenvalue weighted by atomic mass is 10.0. The fourth-order valence-corrected chi connectivity index (χ4v) is 2.78. The minimum atomic E-state index is -0.823. The molecule has 1 aliphatic rings. The van der Waals surface area contributed by atoms with Crippen LogP contribution in [0, 0.1) is 11.6 Å². The number of hydrogen-bond donors (Lipinski definition) is 1. The average Bonchev–Trinajstić information content (AvgIpc) is 2.90. The number of nitrogens with one attached hydrogen (secondary N) is 1. The molecular formula is C17H17F2N. The van der Waals surface area contributed by atoms with Gasteiger partial charge in [-0.25, -0.2) is 8.78 Å². The fraction of sp³-hybridized carbons (Fsp3) is 0.294. The molecule has 2 aromatic rings. The Labute approximate surface area is 117 Å². The Morgan fingerprint density at radius 1 is 0.950 bits per heavy atom. The first kappa shape index (κ1) is 13.1. The molecule has 3 heteroatoms. The minimum absolute atomic E-state index is 0.0609. The summed E-state index contributed by atoms with van der Waals surface area (Å²) in [5.41, 5.74) is 4.63. The van der Waals surface area contributed by atoms with Gasteiger partial charge in [0.15, 0.2) is 11.6 Å². The third-order valence-electron chi connectivity index (χ3n) is 3.93. The first-order valence-electron chi connectivity index (χ1n) is 6.97. The van der Waals surface area contributed by atoms with Gasteiger partial charge in [-0.1, -0.05) is 18.2 Å². The molecule has 1 nitrogen and oxygen atoms in total. The van der Waals surface area contributed by atoms with E-state index in [0.717, 1.165) is 12.5 Å². The molecule has 3 rings (SSSR count). The number of hydrogen-bond acceptors (Lipinski definition) is 1. The van der Waals surface area contributed by atoms with Crippen molar-refractivity contribution < 1.29 is 8.78 Å². The van der Waals surface area contributed by atoms with Crippen LogP contribution in [0.4, 0.5) is 14.5 Å². The summed E-state index contributed by atoms with van der Waals surface area (Å²) < 4.78 is 26.1. The molecule has 1 N–H and O–H groups in total. The lowest BCUT2D eigenvalue weighted by molar-refractivity contribution is 0.509. The second-order valence-electron chi connectivity index (χ2n) is 5.38. The lowest BCUT2D eigenvalue weighted by Gasteiger charge is -2.17. The maximum Gasteiger partial charge on any atom is 0.160 e. The van der Waals surface area contributed by atoms with Crippen LogP contribution < -0.4 is 5.32 Å². The van der Waals surface area contributed by atoms with Gasteiger partial charge in [0, 0.05) is 17.8 Å². The van der Waals surface area contributed by atoms with Crippen molar-refractivity contribution in [2.45, 2.75) is 32.2 Å². The highest BCUT2D eigenvalue weighted by atomic mass is 19.2. The highest BCUT2D eigenvalue weighted by molar-refractivity contribution is 5.47. The van der Waals surface area contributed by atoms with Crippen LogP contribution in [-0.4, -0.2) is 0 Å². The predicted octanol–water partition coefficient (Wildman–Crippen LogP) is 4.63. The smallest absolute Gasteiger partial charge is 0.160 e. The van der Waals surface area contributed by atoms with Gasteiger partial charge in [0.05, 0.1) is 0 Å². The summed E-state index contributed by atoms with van der Waals surface area (Å²) >= 11 is 0. The second kappa shape index (κ2) is 5.23. The Morgan fingerprint density at radius 2 is 1.75 bits per heavy atom. The van der Waals surface area contributed by atoms with E-state index < -0.39 is 11.6 Å². The molecule has 0 amide bonds. The van der Waals surface area contributed by atoms with E-state index in [-0.39, 0.29) is 6.04 Å². The lowest BCUT2D eigenvalue weighted by Crippen LogP contribution is -2.07. The van der Waals surface area contributed by atoms with E-state index in [2.05, 4.69) is 23.5 Å². The first-order valence-corrected chi connectivity index (χ1v) is 6.97. The van der Waals surface area contributed by atoms with Gasteiger partial charge < -0.3 is 5.32 Å². The van der Waals surface area contributed by atoms with Crippen LogP contribution in [0.3, 0.4) is 0 Å². The van der Waals surface area contributed by atoms with E-state index in [9.17, 15) is 8.78 Å². The molecule has 0 aromatic heterocycles. The van der Waals surface area contributed by atoms with Crippen molar-refractivity contribution in [3.8, 4) is 0 Å². The van der Waals surface area contributed by atoms with E-state index in [1.807, 2.05) is 6.92 Å². The van der Waals surface area contributed by atoms with Gasteiger partial charge in [0.25, 0.3) is 0 Å². The van der Waals surface area contributed by atoms with Gasteiger partial charge in [0.1, 0.15) is 0 Å². The summed E-state index contributed by atoms with van der Waals surface area (Å²) in [6, 6.07) is 10.5. The third-order valence-corrected chi connectivity index (χ3v) is 3.93. The van der Waals surface area contributed by atoms with Crippen molar-refractivity contribution in [3.05, 3.63) is 64.7 Å². The van der Waals surface area contributed by atoms with Crippen LogP contribution in [-0.2, 0) is 12.8 Å². The van der Waals surface area contributed by atoms with Crippen molar-refractivity contribution in [1.29, 1.82) is 0 Å². The SMILES string of the molecule is CC(Nc1ccc(F)c(F)c1)c1ccc2c(c1)CCC2. The summed E-state index contributed by atoms with van der Waals surface area (Å²) in [6.07, 6.45) is 3.53. The van der Waals surface area contributed by atoms with Crippen molar-refractivity contribution in [2.24, 2.45) is 0 Å². The van der Waals surface area contributed by atoms with E-state index in [4.69, 9.17) is 0 Å². The molecule has 0 aliphatic heterocycles. The standard InChI is InChI=1S/C17H17F2N/c1-11(20-15-7-8-16(18)17(19)10-15)13-6-5-12-3-2-4-14(12)9-13/h5-11,20H,2-4H2,1H3. The van der Waals surface area contributed by atoms with Crippen LogP contribution in [0.2, 0.25) is 0 Å². The Hall–Kier alpha value is -1.90. The Kier molecular flexibility index (Phi) is 3.43. The average molecular weight is 273 g/mol. The number of fused-ring (bicyclic) bond motifs is 1. The monoisotopic (exact) mass is 273 g/mol. The number of rotatable bonds is 3. The largest absolute Gasteiger partial charge is 0.378 e. The molecule has 104 valence electrons. The highest BCUT2D eigenvalue weighted by Gasteiger charge is 2.13. The number of aryl methyl sites for hydroxylation is 2. The third kappa shape index (κ3) is 2.53. The zero-order chi connectivity index (χ0) is 14.1. The molecule has 0 spiro atoms. The molecule has 0 heterocycles. The quantitative estimate of drug-likeness (QED) is 0.860. The maximum atomic E-state index is 13.2. The van der Waals surface area contributed by atoms with E-state index in [0.29, 0.717) is 5.69 Å². The highest BCUT2D eigenvalue weighted by Crippen LogP contribution is 2.27. The van der Waals surface area contributed by atoms with Gasteiger partial charge in [-0.2, -0.15) is 0 Å². The normalized spacial score (nSPS) is 14.9. The topological polar surface area (TPSA) is 12.0 Å². The molecule has 0 bridgehead atoms. The van der Waals surface area contributed by atoms with Crippen molar-refractivity contribution in [3.63, 3.8) is 0 Å². The van der Waals surface area contributed by atoms with E-state index >= 15 is 0 Å². The molecule has 1 aliphatic carbocycles. The van der Waals surface area contributed by atoms with Crippen LogP contribution in [0.1, 0.15) is 36.1 Å². The van der Waals surface area contributed by atoms with Crippen LogP contribution >= 0.6 is 0 Å². The van der Waals surface area contributed by atoms with E-state index in [1.165, 1.54) is 35.6 Å².